The van der Waals surface area contributed by atoms with E-state index in [0.717, 1.165) is 23.9 Å². The average molecular weight is 248 g/mol. The number of carbonyl (C=O) groups excluding carboxylic acids is 1. The molecule has 3 rings (SSSR count). The number of rotatable bonds is 1. The van der Waals surface area contributed by atoms with E-state index in [1.54, 1.807) is 11.8 Å². The second kappa shape index (κ2) is 4.35. The summed E-state index contributed by atoms with van der Waals surface area (Å²) in [7, 11) is 0. The van der Waals surface area contributed by atoms with E-state index in [4.69, 9.17) is 0 Å². The molecule has 0 spiro atoms. The molecule has 0 aliphatic carbocycles. The number of para-hydroxylation sites is 1. The predicted octanol–water partition coefficient (Wildman–Crippen LogP) is 1.80. The minimum atomic E-state index is -0.00152. The molecule has 0 radical (unpaired) electrons. The fourth-order valence-electron chi connectivity index (χ4n) is 2.57. The van der Waals surface area contributed by atoms with Gasteiger partial charge in [0.2, 0.25) is 5.91 Å². The molecular formula is C13H16N2OS. The van der Waals surface area contributed by atoms with Gasteiger partial charge in [-0.2, -0.15) is 0 Å². The van der Waals surface area contributed by atoms with Gasteiger partial charge in [-0.25, -0.2) is 0 Å². The van der Waals surface area contributed by atoms with Gasteiger partial charge in [-0.3, -0.25) is 10.1 Å². The van der Waals surface area contributed by atoms with Gasteiger partial charge in [0.05, 0.1) is 6.04 Å². The molecule has 1 N–H and O–H groups in total. The number of hydrogen-bond donors (Lipinski definition) is 1. The van der Waals surface area contributed by atoms with Crippen LogP contribution in [-0.4, -0.2) is 30.1 Å². The molecule has 1 fully saturated rings. The van der Waals surface area contributed by atoms with Crippen LogP contribution in [0.3, 0.4) is 0 Å². The van der Waals surface area contributed by atoms with Gasteiger partial charge in [0.1, 0.15) is 0 Å². The highest BCUT2D eigenvalue weighted by molar-refractivity contribution is 7.99. The van der Waals surface area contributed by atoms with Crippen molar-refractivity contribution in [1.82, 2.24) is 5.32 Å². The molecule has 0 saturated carbocycles. The zero-order chi connectivity index (χ0) is 11.8. The maximum Gasteiger partial charge on any atom is 0.245 e. The zero-order valence-corrected chi connectivity index (χ0v) is 10.7. The lowest BCUT2D eigenvalue weighted by molar-refractivity contribution is -0.119. The Kier molecular flexibility index (Phi) is 2.84. The smallest absolute Gasteiger partial charge is 0.245 e. The first-order valence-electron chi connectivity index (χ1n) is 5.99. The second-order valence-corrected chi connectivity index (χ2v) is 5.71. The summed E-state index contributed by atoms with van der Waals surface area (Å²) in [6, 6.07) is 8.24. The van der Waals surface area contributed by atoms with Crippen LogP contribution in [0, 0.1) is 0 Å². The SMILES string of the molecule is C[C@@H]1CN(C(=O)[C@@H]2CSCN2)c2ccccc21. The maximum atomic E-state index is 12.4. The van der Waals surface area contributed by atoms with Crippen LogP contribution in [0.15, 0.2) is 24.3 Å². The van der Waals surface area contributed by atoms with Crippen molar-refractivity contribution in [3.8, 4) is 0 Å². The third kappa shape index (κ3) is 1.85. The molecule has 0 unspecified atom stereocenters. The molecular weight excluding hydrogens is 232 g/mol. The summed E-state index contributed by atoms with van der Waals surface area (Å²) in [5, 5.41) is 3.25. The first-order chi connectivity index (χ1) is 8.27. The van der Waals surface area contributed by atoms with Crippen LogP contribution in [0.2, 0.25) is 0 Å². The van der Waals surface area contributed by atoms with E-state index in [-0.39, 0.29) is 11.9 Å². The molecule has 17 heavy (non-hydrogen) atoms. The number of hydrogen-bond acceptors (Lipinski definition) is 3. The van der Waals surface area contributed by atoms with E-state index in [9.17, 15) is 4.79 Å². The van der Waals surface area contributed by atoms with Gasteiger partial charge in [-0.05, 0) is 11.6 Å². The van der Waals surface area contributed by atoms with Gasteiger partial charge in [0, 0.05) is 29.8 Å². The number of nitrogens with one attached hydrogen (secondary N) is 1. The molecule has 3 nitrogen and oxygen atoms in total. The van der Waals surface area contributed by atoms with E-state index in [0.29, 0.717) is 5.92 Å². The third-order valence-corrected chi connectivity index (χ3v) is 4.44. The summed E-state index contributed by atoms with van der Waals surface area (Å²) in [5.41, 5.74) is 2.40. The molecule has 1 aromatic carbocycles. The lowest BCUT2D eigenvalue weighted by atomic mass is 10.0. The van der Waals surface area contributed by atoms with Crippen molar-refractivity contribution < 1.29 is 4.79 Å². The molecule has 1 aromatic rings. The Bertz CT molecular complexity index is 443. The van der Waals surface area contributed by atoms with E-state index >= 15 is 0 Å². The molecule has 2 atom stereocenters. The highest BCUT2D eigenvalue weighted by Crippen LogP contribution is 2.36. The fourth-order valence-corrected chi connectivity index (χ4v) is 3.50. The highest BCUT2D eigenvalue weighted by Gasteiger charge is 2.34. The Morgan fingerprint density at radius 1 is 1.47 bits per heavy atom. The van der Waals surface area contributed by atoms with E-state index in [1.165, 1.54) is 5.56 Å². The van der Waals surface area contributed by atoms with Crippen molar-refractivity contribution in [2.24, 2.45) is 0 Å². The van der Waals surface area contributed by atoms with Crippen molar-refractivity contribution >= 4 is 23.4 Å². The number of amides is 1. The molecule has 90 valence electrons. The van der Waals surface area contributed by atoms with Gasteiger partial charge in [0.15, 0.2) is 0 Å². The molecule has 2 heterocycles. The average Bonchev–Trinajstić information content (AvgIpc) is 2.97. The van der Waals surface area contributed by atoms with Gasteiger partial charge in [-0.1, -0.05) is 25.1 Å². The summed E-state index contributed by atoms with van der Waals surface area (Å²) in [4.78, 5) is 14.4. The molecule has 0 bridgehead atoms. The molecule has 2 aliphatic heterocycles. The van der Waals surface area contributed by atoms with E-state index in [2.05, 4.69) is 24.4 Å². The van der Waals surface area contributed by atoms with Crippen LogP contribution in [0.1, 0.15) is 18.4 Å². The van der Waals surface area contributed by atoms with Crippen molar-refractivity contribution in [1.29, 1.82) is 0 Å². The maximum absolute atomic E-state index is 12.4. The summed E-state index contributed by atoms with van der Waals surface area (Å²) in [5.74, 6) is 2.46. The Hall–Kier alpha value is -1.00. The molecule has 1 saturated heterocycles. The lowest BCUT2D eigenvalue weighted by Gasteiger charge is -2.21. The topological polar surface area (TPSA) is 32.3 Å². The molecule has 0 aromatic heterocycles. The first-order valence-corrected chi connectivity index (χ1v) is 7.14. The minimum absolute atomic E-state index is 0.00152. The van der Waals surface area contributed by atoms with Gasteiger partial charge in [0.25, 0.3) is 0 Å². The van der Waals surface area contributed by atoms with E-state index < -0.39 is 0 Å². The standard InChI is InChI=1S/C13H16N2OS/c1-9-6-15(12-5-3-2-4-10(9)12)13(16)11-7-17-8-14-11/h2-5,9,11,14H,6-8H2,1H3/t9-,11+/m1/s1. The normalized spacial score (nSPS) is 27.2. The second-order valence-electron chi connectivity index (χ2n) is 4.68. The largest absolute Gasteiger partial charge is 0.310 e. The van der Waals surface area contributed by atoms with Crippen molar-refractivity contribution in [2.45, 2.75) is 18.9 Å². The molecule has 1 amide bonds. The molecule has 2 aliphatic rings. The quantitative estimate of drug-likeness (QED) is 0.822. The Balaban J connectivity index is 1.88. The number of thioether (sulfide) groups is 1. The summed E-state index contributed by atoms with van der Waals surface area (Å²) in [6.07, 6.45) is 0. The summed E-state index contributed by atoms with van der Waals surface area (Å²) < 4.78 is 0. The zero-order valence-electron chi connectivity index (χ0n) is 9.85. The minimum Gasteiger partial charge on any atom is -0.310 e. The lowest BCUT2D eigenvalue weighted by Crippen LogP contribution is -2.44. The van der Waals surface area contributed by atoms with Crippen LogP contribution in [-0.2, 0) is 4.79 Å². The van der Waals surface area contributed by atoms with Gasteiger partial charge in [-0.15, -0.1) is 11.8 Å². The number of benzene rings is 1. The Labute approximate surface area is 106 Å². The third-order valence-electron chi connectivity index (χ3n) is 3.50. The van der Waals surface area contributed by atoms with Crippen LogP contribution < -0.4 is 10.2 Å². The van der Waals surface area contributed by atoms with Crippen molar-refractivity contribution in [2.75, 3.05) is 23.1 Å². The highest BCUT2D eigenvalue weighted by atomic mass is 32.2. The number of anilines is 1. The number of fused-ring (bicyclic) bond motifs is 1. The summed E-state index contributed by atoms with van der Waals surface area (Å²) >= 11 is 1.79. The van der Waals surface area contributed by atoms with Gasteiger partial charge >= 0.3 is 0 Å². The van der Waals surface area contributed by atoms with Crippen LogP contribution >= 0.6 is 11.8 Å². The first kappa shape index (κ1) is 11.1. The van der Waals surface area contributed by atoms with Crippen molar-refractivity contribution in [3.05, 3.63) is 29.8 Å². The van der Waals surface area contributed by atoms with Crippen LogP contribution in [0.5, 0.6) is 0 Å². The Morgan fingerprint density at radius 2 is 2.29 bits per heavy atom. The number of carbonyl (C=O) groups is 1. The molecule has 4 heteroatoms. The van der Waals surface area contributed by atoms with Crippen molar-refractivity contribution in [3.63, 3.8) is 0 Å². The van der Waals surface area contributed by atoms with Gasteiger partial charge < -0.3 is 4.90 Å². The fraction of sp³-hybridized carbons (Fsp3) is 0.462. The van der Waals surface area contributed by atoms with Crippen LogP contribution in [0.25, 0.3) is 0 Å². The monoisotopic (exact) mass is 248 g/mol. The number of nitrogens with zero attached hydrogens (tertiary/aromatic N) is 1. The summed E-state index contributed by atoms with van der Waals surface area (Å²) in [6.45, 7) is 3.00. The van der Waals surface area contributed by atoms with Crippen LogP contribution in [0.4, 0.5) is 5.69 Å². The van der Waals surface area contributed by atoms with E-state index in [1.807, 2.05) is 17.0 Å². The predicted molar refractivity (Wildman–Crippen MR) is 71.5 cm³/mol. The Morgan fingerprint density at radius 3 is 3.06 bits per heavy atom.